The fourth-order valence-corrected chi connectivity index (χ4v) is 1.69. The third-order valence-electron chi connectivity index (χ3n) is 2.19. The molecule has 3 heteroatoms. The number of nitrogens with one attached hydrogen (secondary N) is 1. The Bertz CT molecular complexity index is 299. The van der Waals surface area contributed by atoms with Gasteiger partial charge >= 0.3 is 0 Å². The van der Waals surface area contributed by atoms with Crippen molar-refractivity contribution in [1.29, 1.82) is 0 Å². The van der Waals surface area contributed by atoms with Gasteiger partial charge in [0, 0.05) is 23.3 Å². The summed E-state index contributed by atoms with van der Waals surface area (Å²) in [6.07, 6.45) is 0.995. The second-order valence-corrected chi connectivity index (χ2v) is 3.49. The van der Waals surface area contributed by atoms with E-state index in [9.17, 15) is 0 Å². The minimum atomic E-state index is 0.165. The second kappa shape index (κ2) is 2.96. The number of anilines is 1. The van der Waals surface area contributed by atoms with Crippen LogP contribution in [0.5, 0.6) is 0 Å². The Morgan fingerprint density at radius 3 is 3.17 bits per heavy atom. The molecule has 0 unspecified atom stereocenters. The summed E-state index contributed by atoms with van der Waals surface area (Å²) in [7, 11) is 0. The summed E-state index contributed by atoms with van der Waals surface area (Å²) in [5, 5.41) is 4.03. The normalized spacial score (nSPS) is 21.3. The molecule has 1 atom stereocenters. The molecule has 1 aliphatic heterocycles. The van der Waals surface area contributed by atoms with Gasteiger partial charge in [-0.15, -0.1) is 0 Å². The Hall–Kier alpha value is -0.730. The van der Waals surface area contributed by atoms with Gasteiger partial charge in [0.05, 0.1) is 0 Å². The van der Waals surface area contributed by atoms with Crippen molar-refractivity contribution >= 4 is 17.3 Å². The first-order valence-corrected chi connectivity index (χ1v) is 4.44. The molecule has 0 radical (unpaired) electrons. The maximum Gasteiger partial charge on any atom is 0.0426 e. The largest absolute Gasteiger partial charge is 0.385 e. The number of benzene rings is 1. The molecule has 12 heavy (non-hydrogen) atoms. The van der Waals surface area contributed by atoms with Gasteiger partial charge < -0.3 is 11.1 Å². The van der Waals surface area contributed by atoms with Crippen LogP contribution in [0.4, 0.5) is 5.69 Å². The quantitative estimate of drug-likeness (QED) is 0.646. The lowest BCUT2D eigenvalue weighted by atomic mass is 9.99. The Morgan fingerprint density at radius 1 is 1.50 bits per heavy atom. The Morgan fingerprint density at radius 2 is 2.33 bits per heavy atom. The zero-order valence-electron chi connectivity index (χ0n) is 6.68. The molecule has 64 valence electrons. The molecule has 0 amide bonds. The monoisotopic (exact) mass is 182 g/mol. The van der Waals surface area contributed by atoms with Crippen LogP contribution in [0, 0.1) is 0 Å². The van der Waals surface area contributed by atoms with Crippen LogP contribution in [-0.2, 0) is 0 Å². The predicted octanol–water partition coefficient (Wildman–Crippen LogP) is 2.16. The first kappa shape index (κ1) is 7.90. The van der Waals surface area contributed by atoms with Gasteiger partial charge in [0.15, 0.2) is 0 Å². The van der Waals surface area contributed by atoms with Crippen molar-refractivity contribution in [3.63, 3.8) is 0 Å². The van der Waals surface area contributed by atoms with E-state index in [0.29, 0.717) is 0 Å². The van der Waals surface area contributed by atoms with E-state index in [2.05, 4.69) is 5.32 Å². The van der Waals surface area contributed by atoms with Crippen LogP contribution in [0.1, 0.15) is 18.0 Å². The van der Waals surface area contributed by atoms with Crippen LogP contribution in [0.25, 0.3) is 0 Å². The molecule has 0 aromatic heterocycles. The highest BCUT2D eigenvalue weighted by Gasteiger charge is 2.15. The van der Waals surface area contributed by atoms with Gasteiger partial charge in [-0.1, -0.05) is 17.7 Å². The number of fused-ring (bicyclic) bond motifs is 1. The standard InChI is InChI=1S/C9H11ClN2/c10-6-1-2-7-8(11)3-4-12-9(7)5-6/h1-2,5,8,12H,3-4,11H2/t8-/m1/s1. The molecule has 1 aromatic carbocycles. The summed E-state index contributed by atoms with van der Waals surface area (Å²) in [4.78, 5) is 0. The number of rotatable bonds is 0. The van der Waals surface area contributed by atoms with Crippen molar-refractivity contribution in [1.82, 2.24) is 0 Å². The van der Waals surface area contributed by atoms with E-state index in [-0.39, 0.29) is 6.04 Å². The van der Waals surface area contributed by atoms with Crippen molar-refractivity contribution < 1.29 is 0 Å². The van der Waals surface area contributed by atoms with E-state index in [1.165, 1.54) is 5.56 Å². The fraction of sp³-hybridized carbons (Fsp3) is 0.333. The van der Waals surface area contributed by atoms with E-state index in [4.69, 9.17) is 17.3 Å². The zero-order chi connectivity index (χ0) is 8.55. The summed E-state index contributed by atoms with van der Waals surface area (Å²) in [5.74, 6) is 0. The van der Waals surface area contributed by atoms with Crippen molar-refractivity contribution in [3.05, 3.63) is 28.8 Å². The fourth-order valence-electron chi connectivity index (χ4n) is 1.52. The zero-order valence-corrected chi connectivity index (χ0v) is 7.43. The molecule has 0 spiro atoms. The lowest BCUT2D eigenvalue weighted by molar-refractivity contribution is 0.655. The Kier molecular flexibility index (Phi) is 1.95. The van der Waals surface area contributed by atoms with E-state index >= 15 is 0 Å². The van der Waals surface area contributed by atoms with Gasteiger partial charge in [-0.3, -0.25) is 0 Å². The van der Waals surface area contributed by atoms with Crippen molar-refractivity contribution in [2.45, 2.75) is 12.5 Å². The van der Waals surface area contributed by atoms with Gasteiger partial charge in [0.2, 0.25) is 0 Å². The minimum absolute atomic E-state index is 0.165. The van der Waals surface area contributed by atoms with Crippen molar-refractivity contribution in [3.8, 4) is 0 Å². The molecule has 1 aliphatic rings. The maximum atomic E-state index is 5.91. The lowest BCUT2D eigenvalue weighted by Crippen LogP contribution is -2.22. The molecule has 0 saturated carbocycles. The topological polar surface area (TPSA) is 38.0 Å². The molecule has 2 rings (SSSR count). The molecule has 0 aliphatic carbocycles. The van der Waals surface area contributed by atoms with Crippen LogP contribution in [0.15, 0.2) is 18.2 Å². The molecule has 3 N–H and O–H groups in total. The van der Waals surface area contributed by atoms with Crippen LogP contribution in [-0.4, -0.2) is 6.54 Å². The lowest BCUT2D eigenvalue weighted by Gasteiger charge is -2.23. The number of nitrogens with two attached hydrogens (primary N) is 1. The Balaban J connectivity index is 2.46. The number of halogens is 1. The average Bonchev–Trinajstić information content (AvgIpc) is 2.04. The summed E-state index contributed by atoms with van der Waals surface area (Å²) >= 11 is 5.84. The van der Waals surface area contributed by atoms with Crippen molar-refractivity contribution in [2.75, 3.05) is 11.9 Å². The van der Waals surface area contributed by atoms with Gasteiger partial charge in [0.1, 0.15) is 0 Å². The van der Waals surface area contributed by atoms with E-state index in [1.807, 2.05) is 18.2 Å². The molecular formula is C9H11ClN2. The third kappa shape index (κ3) is 1.28. The molecule has 0 bridgehead atoms. The summed E-state index contributed by atoms with van der Waals surface area (Å²) < 4.78 is 0. The maximum absolute atomic E-state index is 5.91. The second-order valence-electron chi connectivity index (χ2n) is 3.05. The highest BCUT2D eigenvalue weighted by atomic mass is 35.5. The molecule has 2 nitrogen and oxygen atoms in total. The van der Waals surface area contributed by atoms with Gasteiger partial charge in [0.25, 0.3) is 0 Å². The predicted molar refractivity (Wildman–Crippen MR) is 51.5 cm³/mol. The smallest absolute Gasteiger partial charge is 0.0426 e. The first-order chi connectivity index (χ1) is 5.77. The van der Waals surface area contributed by atoms with Gasteiger partial charge in [-0.05, 0) is 24.1 Å². The third-order valence-corrected chi connectivity index (χ3v) is 2.42. The van der Waals surface area contributed by atoms with Crippen LogP contribution in [0.3, 0.4) is 0 Å². The van der Waals surface area contributed by atoms with Gasteiger partial charge in [-0.2, -0.15) is 0 Å². The number of hydrogen-bond acceptors (Lipinski definition) is 2. The molecule has 1 aromatic rings. The summed E-state index contributed by atoms with van der Waals surface area (Å²) in [6.45, 7) is 0.939. The highest BCUT2D eigenvalue weighted by Crippen LogP contribution is 2.30. The average molecular weight is 183 g/mol. The van der Waals surface area contributed by atoms with E-state index < -0.39 is 0 Å². The highest BCUT2D eigenvalue weighted by molar-refractivity contribution is 6.30. The van der Waals surface area contributed by atoms with E-state index in [0.717, 1.165) is 23.7 Å². The molecule has 1 heterocycles. The van der Waals surface area contributed by atoms with Crippen LogP contribution >= 0.6 is 11.6 Å². The SMILES string of the molecule is N[C@@H]1CCNc2cc(Cl)ccc21. The number of hydrogen-bond donors (Lipinski definition) is 2. The Labute approximate surface area is 76.7 Å². The minimum Gasteiger partial charge on any atom is -0.385 e. The van der Waals surface area contributed by atoms with Crippen LogP contribution in [0.2, 0.25) is 5.02 Å². The van der Waals surface area contributed by atoms with E-state index in [1.54, 1.807) is 0 Å². The van der Waals surface area contributed by atoms with Crippen LogP contribution < -0.4 is 11.1 Å². The summed E-state index contributed by atoms with van der Waals surface area (Å²) in [5.41, 5.74) is 8.17. The summed E-state index contributed by atoms with van der Waals surface area (Å²) in [6, 6.07) is 5.97. The molecule has 0 fully saturated rings. The first-order valence-electron chi connectivity index (χ1n) is 4.06. The molecule has 0 saturated heterocycles. The molecular weight excluding hydrogens is 172 g/mol. The van der Waals surface area contributed by atoms with Gasteiger partial charge in [-0.25, -0.2) is 0 Å². The van der Waals surface area contributed by atoms with Crippen molar-refractivity contribution in [2.24, 2.45) is 5.73 Å².